The van der Waals surface area contributed by atoms with Gasteiger partial charge in [0.1, 0.15) is 11.7 Å². The second-order valence-electron chi connectivity index (χ2n) is 7.97. The maximum atomic E-state index is 13.2. The fourth-order valence-electron chi connectivity index (χ4n) is 3.89. The van der Waals surface area contributed by atoms with E-state index in [1.54, 1.807) is 28.1 Å². The molecule has 4 heterocycles. The Hall–Kier alpha value is -2.88. The number of carbonyl (C=O) groups is 2. The molecule has 3 aromatic heterocycles. The van der Waals surface area contributed by atoms with Gasteiger partial charge < -0.3 is 14.6 Å². The number of hydrogen-bond donors (Lipinski definition) is 1. The third kappa shape index (κ3) is 3.91. The van der Waals surface area contributed by atoms with Crippen LogP contribution < -0.4 is 5.32 Å². The van der Waals surface area contributed by atoms with Crippen molar-refractivity contribution in [2.24, 2.45) is 5.92 Å². The van der Waals surface area contributed by atoms with Crippen molar-refractivity contribution in [3.63, 3.8) is 0 Å². The Bertz CT molecular complexity index is 1170. The van der Waals surface area contributed by atoms with Gasteiger partial charge in [-0.05, 0) is 60.4 Å². The van der Waals surface area contributed by atoms with Gasteiger partial charge in [0.15, 0.2) is 5.82 Å². The molecule has 162 valence electrons. The molecule has 0 aromatic carbocycles. The van der Waals surface area contributed by atoms with E-state index in [4.69, 9.17) is 0 Å². The van der Waals surface area contributed by atoms with Crippen LogP contribution in [-0.4, -0.2) is 44.9 Å². The molecule has 3 aromatic rings. The predicted octanol–water partition coefficient (Wildman–Crippen LogP) is 4.58. The first-order chi connectivity index (χ1) is 14.8. The molecule has 31 heavy (non-hydrogen) atoms. The highest BCUT2D eigenvalue weighted by atomic mass is 32.1. The number of carbonyl (C=O) groups excluding carboxylic acids is 2. The minimum atomic E-state index is -4.41. The molecule has 5 rings (SSSR count). The molecule has 2 aliphatic rings. The molecular formula is C21H19F3N4O2S. The van der Waals surface area contributed by atoms with E-state index in [1.807, 2.05) is 12.3 Å². The van der Waals surface area contributed by atoms with Crippen LogP contribution in [0.15, 0.2) is 36.0 Å². The van der Waals surface area contributed by atoms with Gasteiger partial charge in [-0.1, -0.05) is 0 Å². The van der Waals surface area contributed by atoms with Crippen molar-refractivity contribution in [3.05, 3.63) is 40.8 Å². The number of nitrogens with zero attached hydrogens (tertiary/aromatic N) is 3. The molecule has 2 amide bonds. The van der Waals surface area contributed by atoms with E-state index >= 15 is 0 Å². The monoisotopic (exact) mass is 448 g/mol. The molecule has 1 saturated heterocycles. The minimum Gasteiger partial charge on any atom is -0.326 e. The number of rotatable bonds is 4. The third-order valence-electron chi connectivity index (χ3n) is 5.69. The van der Waals surface area contributed by atoms with Gasteiger partial charge in [0, 0.05) is 18.7 Å². The molecule has 1 saturated carbocycles. The quantitative estimate of drug-likeness (QED) is 0.636. The lowest BCUT2D eigenvalue weighted by atomic mass is 10.1. The summed E-state index contributed by atoms with van der Waals surface area (Å²) in [7, 11) is 0. The number of pyridine rings is 1. The molecule has 0 spiro atoms. The number of halogens is 3. The average Bonchev–Trinajstić information content (AvgIpc) is 3.13. The molecule has 1 N–H and O–H groups in total. The van der Waals surface area contributed by atoms with E-state index in [1.165, 1.54) is 0 Å². The SMILES string of the molecule is O=C(Nc1cn2cc(-c3csc(C(=O)N4CCC[C@@H]4C(F)(F)F)c3)ccc2n1)C1CC1. The van der Waals surface area contributed by atoms with Crippen LogP contribution in [0, 0.1) is 5.92 Å². The molecule has 6 nitrogen and oxygen atoms in total. The van der Waals surface area contributed by atoms with Crippen LogP contribution in [0.3, 0.4) is 0 Å². The second kappa shape index (κ2) is 7.37. The van der Waals surface area contributed by atoms with E-state index in [9.17, 15) is 22.8 Å². The zero-order chi connectivity index (χ0) is 21.8. The van der Waals surface area contributed by atoms with Crippen LogP contribution >= 0.6 is 11.3 Å². The Morgan fingerprint density at radius 1 is 1.13 bits per heavy atom. The zero-order valence-corrected chi connectivity index (χ0v) is 17.2. The standard InChI is InChI=1S/C21H19F3N4O2S/c22-21(23,24)16-2-1-7-28(16)20(30)15-8-14(11-31-15)13-5-6-18-25-17(10-27(18)9-13)26-19(29)12-3-4-12/h5-6,8-12,16H,1-4,7H2,(H,26,29)/t16-/m1/s1. The fraction of sp³-hybridized carbons (Fsp3) is 0.381. The van der Waals surface area contributed by atoms with E-state index in [0.29, 0.717) is 17.9 Å². The highest BCUT2D eigenvalue weighted by molar-refractivity contribution is 7.12. The summed E-state index contributed by atoms with van der Waals surface area (Å²) in [5, 5.41) is 4.57. The van der Waals surface area contributed by atoms with Crippen LogP contribution in [0.5, 0.6) is 0 Å². The number of thiophene rings is 1. The predicted molar refractivity (Wildman–Crippen MR) is 110 cm³/mol. The smallest absolute Gasteiger partial charge is 0.326 e. The lowest BCUT2D eigenvalue weighted by Gasteiger charge is -2.26. The number of alkyl halides is 3. The van der Waals surface area contributed by atoms with Gasteiger partial charge in [0.05, 0.1) is 11.1 Å². The Balaban J connectivity index is 1.36. The highest BCUT2D eigenvalue weighted by Gasteiger charge is 2.48. The van der Waals surface area contributed by atoms with Crippen LogP contribution in [0.4, 0.5) is 19.0 Å². The molecule has 1 atom stereocenters. The molecule has 0 bridgehead atoms. The largest absolute Gasteiger partial charge is 0.408 e. The van der Waals surface area contributed by atoms with Gasteiger partial charge in [-0.2, -0.15) is 13.2 Å². The first-order valence-electron chi connectivity index (χ1n) is 10.1. The molecule has 2 fully saturated rings. The first kappa shape index (κ1) is 20.0. The van der Waals surface area contributed by atoms with Crippen molar-refractivity contribution in [1.82, 2.24) is 14.3 Å². The summed E-state index contributed by atoms with van der Waals surface area (Å²) < 4.78 is 41.4. The van der Waals surface area contributed by atoms with Crippen molar-refractivity contribution in [1.29, 1.82) is 0 Å². The second-order valence-corrected chi connectivity index (χ2v) is 8.88. The van der Waals surface area contributed by atoms with Crippen LogP contribution in [0.2, 0.25) is 0 Å². The Labute approximate surface area is 179 Å². The number of fused-ring (bicyclic) bond motifs is 1. The Kier molecular flexibility index (Phi) is 4.76. The van der Waals surface area contributed by atoms with Gasteiger partial charge in [-0.3, -0.25) is 9.59 Å². The summed E-state index contributed by atoms with van der Waals surface area (Å²) in [6, 6.07) is 3.55. The molecular weight excluding hydrogens is 429 g/mol. The number of amides is 2. The number of hydrogen-bond acceptors (Lipinski definition) is 4. The third-order valence-corrected chi connectivity index (χ3v) is 6.60. The van der Waals surface area contributed by atoms with E-state index in [0.717, 1.165) is 40.2 Å². The lowest BCUT2D eigenvalue weighted by molar-refractivity contribution is -0.169. The van der Waals surface area contributed by atoms with Gasteiger partial charge >= 0.3 is 6.18 Å². The van der Waals surface area contributed by atoms with Gasteiger partial charge in [0.2, 0.25) is 5.91 Å². The normalized spacial score (nSPS) is 19.2. The number of aromatic nitrogens is 2. The maximum absolute atomic E-state index is 13.2. The van der Waals surface area contributed by atoms with Gasteiger partial charge in [-0.15, -0.1) is 11.3 Å². The van der Waals surface area contributed by atoms with E-state index < -0.39 is 18.1 Å². The van der Waals surface area contributed by atoms with Gasteiger partial charge in [0.25, 0.3) is 5.91 Å². The summed E-state index contributed by atoms with van der Waals surface area (Å²) >= 11 is 1.14. The summed E-state index contributed by atoms with van der Waals surface area (Å²) in [4.78, 5) is 30.2. The summed E-state index contributed by atoms with van der Waals surface area (Å²) in [5.41, 5.74) is 2.20. The fourth-order valence-corrected chi connectivity index (χ4v) is 4.76. The average molecular weight is 448 g/mol. The highest BCUT2D eigenvalue weighted by Crippen LogP contribution is 2.35. The molecule has 0 unspecified atom stereocenters. The van der Waals surface area contributed by atoms with Crippen LogP contribution in [0.25, 0.3) is 16.8 Å². The number of anilines is 1. The van der Waals surface area contributed by atoms with E-state index in [2.05, 4.69) is 10.3 Å². The van der Waals surface area contributed by atoms with Crippen molar-refractivity contribution in [2.75, 3.05) is 11.9 Å². The Morgan fingerprint density at radius 2 is 1.94 bits per heavy atom. The maximum Gasteiger partial charge on any atom is 0.408 e. The van der Waals surface area contributed by atoms with Crippen molar-refractivity contribution in [2.45, 2.75) is 37.9 Å². The van der Waals surface area contributed by atoms with Crippen LogP contribution in [0.1, 0.15) is 35.4 Å². The summed E-state index contributed by atoms with van der Waals surface area (Å²) in [6.45, 7) is 0.118. The number of likely N-dealkylation sites (tertiary alicyclic amines) is 1. The lowest BCUT2D eigenvalue weighted by Crippen LogP contribution is -2.44. The summed E-state index contributed by atoms with van der Waals surface area (Å²) in [5.74, 6) is -0.0503. The topological polar surface area (TPSA) is 66.7 Å². The molecule has 1 aliphatic heterocycles. The number of imidazole rings is 1. The number of nitrogens with one attached hydrogen (secondary N) is 1. The van der Waals surface area contributed by atoms with Crippen molar-refractivity contribution >= 4 is 34.6 Å². The van der Waals surface area contributed by atoms with Crippen molar-refractivity contribution in [3.8, 4) is 11.1 Å². The Morgan fingerprint density at radius 3 is 2.68 bits per heavy atom. The molecule has 10 heteroatoms. The van der Waals surface area contributed by atoms with E-state index in [-0.39, 0.29) is 29.7 Å². The molecule has 0 radical (unpaired) electrons. The zero-order valence-electron chi connectivity index (χ0n) is 16.4. The van der Waals surface area contributed by atoms with Crippen molar-refractivity contribution < 1.29 is 22.8 Å². The van der Waals surface area contributed by atoms with Gasteiger partial charge in [-0.25, -0.2) is 4.98 Å². The minimum absolute atomic E-state index is 0.0244. The summed E-state index contributed by atoms with van der Waals surface area (Å²) in [6.07, 6.45) is 1.24. The van der Waals surface area contributed by atoms with Crippen LogP contribution in [-0.2, 0) is 4.79 Å². The first-order valence-corrected chi connectivity index (χ1v) is 10.9. The molecule has 1 aliphatic carbocycles.